The van der Waals surface area contributed by atoms with E-state index in [1.54, 1.807) is 0 Å². The van der Waals surface area contributed by atoms with Crippen molar-refractivity contribution in [2.75, 3.05) is 6.54 Å². The summed E-state index contributed by atoms with van der Waals surface area (Å²) in [6.45, 7) is 16.9. The first-order valence-corrected chi connectivity index (χ1v) is 9.89. The molecule has 4 nitrogen and oxygen atoms in total. The largest absolute Gasteiger partial charge is 0.459 e. The SMILES string of the molecule is CC(C)(C)OC(=O)CN=CCC1(C(C)(C)O[SiH2]C(C)(C)C)CC1. The number of ether oxygens (including phenoxy) is 1. The van der Waals surface area contributed by atoms with Crippen LogP contribution in [-0.4, -0.2) is 39.7 Å². The van der Waals surface area contributed by atoms with Gasteiger partial charge in [-0.2, -0.15) is 0 Å². The first-order valence-electron chi connectivity index (χ1n) is 8.61. The van der Waals surface area contributed by atoms with Crippen molar-refractivity contribution >= 4 is 21.9 Å². The molecule has 1 saturated carbocycles. The highest BCUT2D eigenvalue weighted by atomic mass is 28.2. The molecular formula is C18H35NO3Si. The first-order chi connectivity index (χ1) is 10.3. The molecule has 0 atom stereocenters. The van der Waals surface area contributed by atoms with Crippen molar-refractivity contribution in [2.45, 2.75) is 90.9 Å². The summed E-state index contributed by atoms with van der Waals surface area (Å²) in [5, 5.41) is 0.304. The van der Waals surface area contributed by atoms with E-state index in [-0.39, 0.29) is 23.5 Å². The summed E-state index contributed by atoms with van der Waals surface area (Å²) < 4.78 is 11.6. The second kappa shape index (κ2) is 7.05. The Morgan fingerprint density at radius 3 is 2.13 bits per heavy atom. The van der Waals surface area contributed by atoms with Gasteiger partial charge in [0, 0.05) is 11.6 Å². The summed E-state index contributed by atoms with van der Waals surface area (Å²) in [5.41, 5.74) is -0.356. The minimum atomic E-state index is -0.574. The van der Waals surface area contributed by atoms with E-state index in [2.05, 4.69) is 39.6 Å². The highest BCUT2D eigenvalue weighted by Gasteiger charge is 2.54. The Bertz CT molecular complexity index is 440. The lowest BCUT2D eigenvalue weighted by atomic mass is 9.85. The van der Waals surface area contributed by atoms with Gasteiger partial charge in [-0.1, -0.05) is 20.8 Å². The van der Waals surface area contributed by atoms with Gasteiger partial charge < -0.3 is 9.16 Å². The molecule has 0 aromatic rings. The van der Waals surface area contributed by atoms with E-state index in [0.29, 0.717) is 5.04 Å². The van der Waals surface area contributed by atoms with Crippen LogP contribution in [0.25, 0.3) is 0 Å². The summed E-state index contributed by atoms with van der Waals surface area (Å²) >= 11 is 0. The molecule has 0 radical (unpaired) electrons. The average molecular weight is 342 g/mol. The number of nitrogens with zero attached hydrogens (tertiary/aromatic N) is 1. The third kappa shape index (κ3) is 7.17. The monoisotopic (exact) mass is 341 g/mol. The Labute approximate surface area is 144 Å². The van der Waals surface area contributed by atoms with Crippen molar-refractivity contribution in [1.29, 1.82) is 0 Å². The lowest BCUT2D eigenvalue weighted by Gasteiger charge is -2.37. The maximum atomic E-state index is 11.7. The van der Waals surface area contributed by atoms with Gasteiger partial charge in [-0.05, 0) is 58.9 Å². The molecule has 1 aliphatic carbocycles. The summed E-state index contributed by atoms with van der Waals surface area (Å²) in [6.07, 6.45) is 5.12. The topological polar surface area (TPSA) is 47.9 Å². The van der Waals surface area contributed by atoms with Gasteiger partial charge in [-0.25, -0.2) is 0 Å². The quantitative estimate of drug-likeness (QED) is 0.403. The Balaban J connectivity index is 2.47. The maximum Gasteiger partial charge on any atom is 0.328 e. The van der Waals surface area contributed by atoms with Crippen molar-refractivity contribution in [3.63, 3.8) is 0 Å². The van der Waals surface area contributed by atoms with E-state index in [0.717, 1.165) is 6.42 Å². The minimum absolute atomic E-state index is 0.103. The number of hydrogen-bond donors (Lipinski definition) is 0. The fourth-order valence-electron chi connectivity index (χ4n) is 2.51. The summed E-state index contributed by atoms with van der Waals surface area (Å²) in [6, 6.07) is 0. The van der Waals surface area contributed by atoms with E-state index in [4.69, 9.17) is 9.16 Å². The van der Waals surface area contributed by atoms with Crippen molar-refractivity contribution < 1.29 is 14.0 Å². The van der Waals surface area contributed by atoms with E-state index in [1.807, 2.05) is 27.0 Å². The smallest absolute Gasteiger partial charge is 0.328 e. The molecule has 5 heteroatoms. The third-order valence-corrected chi connectivity index (χ3v) is 5.98. The van der Waals surface area contributed by atoms with Crippen LogP contribution in [0.1, 0.15) is 74.7 Å². The zero-order valence-corrected chi connectivity index (χ0v) is 17.7. The number of esters is 1. The van der Waals surface area contributed by atoms with Crippen molar-refractivity contribution in [3.8, 4) is 0 Å². The van der Waals surface area contributed by atoms with Crippen LogP contribution in [0.5, 0.6) is 0 Å². The number of aliphatic imine (C=N–C) groups is 1. The van der Waals surface area contributed by atoms with E-state index in [9.17, 15) is 4.79 Å². The second-order valence-electron chi connectivity index (χ2n) is 9.45. The van der Waals surface area contributed by atoms with Gasteiger partial charge in [0.25, 0.3) is 0 Å². The molecule has 0 N–H and O–H groups in total. The van der Waals surface area contributed by atoms with Crippen LogP contribution >= 0.6 is 0 Å². The van der Waals surface area contributed by atoms with Gasteiger partial charge in [-0.3, -0.25) is 9.79 Å². The lowest BCUT2D eigenvalue weighted by Crippen LogP contribution is -2.39. The van der Waals surface area contributed by atoms with Gasteiger partial charge >= 0.3 is 5.97 Å². The van der Waals surface area contributed by atoms with Gasteiger partial charge in [0.2, 0.25) is 0 Å². The van der Waals surface area contributed by atoms with Crippen molar-refractivity contribution in [2.24, 2.45) is 10.4 Å². The molecule has 1 fully saturated rings. The molecule has 134 valence electrons. The molecule has 0 aliphatic heterocycles. The molecule has 0 spiro atoms. The number of carbonyl (C=O) groups is 1. The molecule has 0 heterocycles. The fourth-order valence-corrected chi connectivity index (χ4v) is 3.61. The van der Waals surface area contributed by atoms with Gasteiger partial charge in [-0.15, -0.1) is 0 Å². The van der Waals surface area contributed by atoms with E-state index < -0.39 is 15.4 Å². The molecule has 23 heavy (non-hydrogen) atoms. The highest BCUT2D eigenvalue weighted by Crippen LogP contribution is 2.57. The summed E-state index contributed by atoms with van der Waals surface area (Å²) in [5.74, 6) is -0.269. The molecule has 1 rings (SSSR count). The van der Waals surface area contributed by atoms with E-state index >= 15 is 0 Å². The van der Waals surface area contributed by atoms with Crippen LogP contribution in [0.2, 0.25) is 5.04 Å². The number of hydrogen-bond acceptors (Lipinski definition) is 4. The Hall–Kier alpha value is -0.683. The third-order valence-electron chi connectivity index (χ3n) is 4.25. The van der Waals surface area contributed by atoms with Gasteiger partial charge in [0.15, 0.2) is 9.76 Å². The predicted molar refractivity (Wildman–Crippen MR) is 98.9 cm³/mol. The van der Waals surface area contributed by atoms with Crippen LogP contribution in [-0.2, 0) is 14.0 Å². The predicted octanol–water partition coefficient (Wildman–Crippen LogP) is 3.67. The molecule has 0 unspecified atom stereocenters. The fraction of sp³-hybridized carbons (Fsp3) is 0.889. The molecule has 1 aliphatic rings. The number of rotatable bonds is 7. The molecule has 0 bridgehead atoms. The molecule has 0 amide bonds. The average Bonchev–Trinajstić information content (AvgIpc) is 3.11. The molecule has 0 aromatic heterocycles. The molecule has 0 saturated heterocycles. The Morgan fingerprint density at radius 2 is 1.70 bits per heavy atom. The maximum absolute atomic E-state index is 11.7. The minimum Gasteiger partial charge on any atom is -0.459 e. The number of carbonyl (C=O) groups excluding carboxylic acids is 1. The van der Waals surface area contributed by atoms with Crippen molar-refractivity contribution in [3.05, 3.63) is 0 Å². The van der Waals surface area contributed by atoms with Crippen LogP contribution < -0.4 is 0 Å². The van der Waals surface area contributed by atoms with Crippen LogP contribution in [0.4, 0.5) is 0 Å². The van der Waals surface area contributed by atoms with Crippen molar-refractivity contribution in [1.82, 2.24) is 0 Å². The normalized spacial score (nSPS) is 18.8. The van der Waals surface area contributed by atoms with E-state index in [1.165, 1.54) is 12.8 Å². The second-order valence-corrected chi connectivity index (χ2v) is 12.2. The standard InChI is InChI=1S/C18H35NO3Si/c1-15(2,3)21-14(20)13-19-12-11-18(9-10-18)17(7,8)22-23-16(4,5)6/h12H,9-11,13,23H2,1-8H3. The first kappa shape index (κ1) is 20.4. The highest BCUT2D eigenvalue weighted by molar-refractivity contribution is 6.31. The lowest BCUT2D eigenvalue weighted by molar-refractivity contribution is -0.152. The summed E-state index contributed by atoms with van der Waals surface area (Å²) in [7, 11) is -0.574. The molecule has 0 aromatic carbocycles. The summed E-state index contributed by atoms with van der Waals surface area (Å²) in [4.78, 5) is 15.9. The van der Waals surface area contributed by atoms with Gasteiger partial charge in [0.05, 0.1) is 5.60 Å². The molecular weight excluding hydrogens is 306 g/mol. The zero-order chi connectivity index (χ0) is 17.9. The van der Waals surface area contributed by atoms with Gasteiger partial charge in [0.1, 0.15) is 12.1 Å². The Kier molecular flexibility index (Phi) is 6.25. The zero-order valence-electron chi connectivity index (χ0n) is 16.3. The van der Waals surface area contributed by atoms with Crippen LogP contribution in [0, 0.1) is 5.41 Å². The Morgan fingerprint density at radius 1 is 1.13 bits per heavy atom. The van der Waals surface area contributed by atoms with Crippen LogP contribution in [0.15, 0.2) is 4.99 Å². The van der Waals surface area contributed by atoms with Crippen LogP contribution in [0.3, 0.4) is 0 Å².